The lowest BCUT2D eigenvalue weighted by molar-refractivity contribution is 0.152. The number of fused-ring (bicyclic) bond motifs is 1. The number of ether oxygens (including phenoxy) is 1. The Kier molecular flexibility index (Phi) is 6.58. The molecule has 5 nitrogen and oxygen atoms in total. The van der Waals surface area contributed by atoms with Gasteiger partial charge in [-0.1, -0.05) is 27.2 Å². The third-order valence-corrected chi connectivity index (χ3v) is 5.55. The molecule has 0 saturated carbocycles. The Hall–Kier alpha value is -2.40. The molecule has 0 bridgehead atoms. The molecule has 156 valence electrons. The number of methoxy groups -OCH3 is 1. The van der Waals surface area contributed by atoms with Crippen molar-refractivity contribution >= 4 is 16.9 Å². The Morgan fingerprint density at radius 1 is 1.14 bits per heavy atom. The van der Waals surface area contributed by atoms with E-state index in [0.29, 0.717) is 18.6 Å². The molecule has 0 saturated heterocycles. The second-order valence-electron chi connectivity index (χ2n) is 8.18. The van der Waals surface area contributed by atoms with Gasteiger partial charge in [-0.25, -0.2) is 9.97 Å². The quantitative estimate of drug-likeness (QED) is 0.519. The molecule has 0 aliphatic carbocycles. The van der Waals surface area contributed by atoms with Crippen molar-refractivity contribution in [3.05, 3.63) is 41.2 Å². The van der Waals surface area contributed by atoms with E-state index in [1.165, 1.54) is 11.1 Å². The zero-order chi connectivity index (χ0) is 21.1. The van der Waals surface area contributed by atoms with Crippen molar-refractivity contribution in [3.63, 3.8) is 0 Å². The van der Waals surface area contributed by atoms with Gasteiger partial charge in [-0.15, -0.1) is 0 Å². The molecule has 29 heavy (non-hydrogen) atoms. The lowest BCUT2D eigenvalue weighted by atomic mass is 10.0. The van der Waals surface area contributed by atoms with Gasteiger partial charge in [0.25, 0.3) is 0 Å². The van der Waals surface area contributed by atoms with Crippen LogP contribution in [-0.4, -0.2) is 35.3 Å². The Labute approximate surface area is 174 Å². The molecule has 3 aromatic heterocycles. The van der Waals surface area contributed by atoms with E-state index in [1.807, 2.05) is 7.05 Å². The summed E-state index contributed by atoms with van der Waals surface area (Å²) in [5, 5.41) is 3.26. The summed E-state index contributed by atoms with van der Waals surface area (Å²) < 4.78 is 7.84. The Bertz CT molecular complexity index is 984. The number of pyridine rings is 2. The van der Waals surface area contributed by atoms with Crippen LogP contribution in [0.3, 0.4) is 0 Å². The van der Waals surface area contributed by atoms with Gasteiger partial charge in [0.2, 0.25) is 0 Å². The SMILES string of the molecule is CCC[C@H](COC)n1cc(C)c2nc(-c3ccc(C(C)C)nc3NC)c(C)cc21. The van der Waals surface area contributed by atoms with Gasteiger partial charge in [-0.2, -0.15) is 0 Å². The van der Waals surface area contributed by atoms with Gasteiger partial charge >= 0.3 is 0 Å². The van der Waals surface area contributed by atoms with Gasteiger partial charge in [0.1, 0.15) is 5.82 Å². The van der Waals surface area contributed by atoms with Crippen LogP contribution in [0.5, 0.6) is 0 Å². The highest BCUT2D eigenvalue weighted by molar-refractivity contribution is 5.86. The van der Waals surface area contributed by atoms with E-state index >= 15 is 0 Å². The van der Waals surface area contributed by atoms with Crippen molar-refractivity contribution in [1.82, 2.24) is 14.5 Å². The van der Waals surface area contributed by atoms with E-state index in [9.17, 15) is 0 Å². The summed E-state index contributed by atoms with van der Waals surface area (Å²) in [5.74, 6) is 1.27. The maximum Gasteiger partial charge on any atom is 0.135 e. The molecule has 0 aliphatic heterocycles. The molecule has 0 aliphatic rings. The summed E-state index contributed by atoms with van der Waals surface area (Å²) in [6.45, 7) is 11.5. The average molecular weight is 395 g/mol. The van der Waals surface area contributed by atoms with Gasteiger partial charge in [0.15, 0.2) is 0 Å². The highest BCUT2D eigenvalue weighted by atomic mass is 16.5. The first-order chi connectivity index (χ1) is 13.9. The second-order valence-corrected chi connectivity index (χ2v) is 8.18. The Balaban J connectivity index is 2.15. The third-order valence-electron chi connectivity index (χ3n) is 5.55. The minimum absolute atomic E-state index is 0.327. The molecule has 3 rings (SSSR count). The first-order valence-corrected chi connectivity index (χ1v) is 10.6. The van der Waals surface area contributed by atoms with Gasteiger partial charge in [-0.3, -0.25) is 0 Å². The number of aryl methyl sites for hydroxylation is 2. The van der Waals surface area contributed by atoms with Crippen molar-refractivity contribution in [2.45, 2.75) is 59.4 Å². The van der Waals surface area contributed by atoms with Crippen molar-refractivity contribution in [2.24, 2.45) is 0 Å². The van der Waals surface area contributed by atoms with Crippen molar-refractivity contribution < 1.29 is 4.74 Å². The van der Waals surface area contributed by atoms with Crippen LogP contribution in [0, 0.1) is 13.8 Å². The number of anilines is 1. The fourth-order valence-corrected chi connectivity index (χ4v) is 4.01. The molecular formula is C24H34N4O. The molecule has 0 aromatic carbocycles. The Morgan fingerprint density at radius 2 is 1.90 bits per heavy atom. The molecule has 3 aromatic rings. The number of hydrogen-bond donors (Lipinski definition) is 1. The fraction of sp³-hybridized carbons (Fsp3) is 0.500. The zero-order valence-electron chi connectivity index (χ0n) is 18.8. The first kappa shape index (κ1) is 21.3. The van der Waals surface area contributed by atoms with E-state index in [2.05, 4.69) is 68.9 Å². The molecule has 0 amide bonds. The van der Waals surface area contributed by atoms with Crippen LogP contribution < -0.4 is 5.32 Å². The summed E-state index contributed by atoms with van der Waals surface area (Å²) >= 11 is 0. The topological polar surface area (TPSA) is 52.0 Å². The predicted octanol–water partition coefficient (Wildman–Crippen LogP) is 5.87. The number of hydrogen-bond acceptors (Lipinski definition) is 4. The fourth-order valence-electron chi connectivity index (χ4n) is 4.01. The summed E-state index contributed by atoms with van der Waals surface area (Å²) in [6.07, 6.45) is 4.43. The highest BCUT2D eigenvalue weighted by Gasteiger charge is 2.19. The van der Waals surface area contributed by atoms with E-state index in [0.717, 1.165) is 46.7 Å². The largest absolute Gasteiger partial charge is 0.383 e. The molecule has 0 radical (unpaired) electrons. The van der Waals surface area contributed by atoms with Crippen LogP contribution in [0.1, 0.15) is 62.4 Å². The van der Waals surface area contributed by atoms with Gasteiger partial charge in [0, 0.05) is 31.6 Å². The molecular weight excluding hydrogens is 360 g/mol. The summed E-state index contributed by atoms with van der Waals surface area (Å²) in [4.78, 5) is 9.93. The number of aromatic nitrogens is 3. The maximum absolute atomic E-state index is 5.50. The van der Waals surface area contributed by atoms with Crippen LogP contribution in [0.25, 0.3) is 22.3 Å². The molecule has 0 fully saturated rings. The zero-order valence-corrected chi connectivity index (χ0v) is 18.8. The van der Waals surface area contributed by atoms with E-state index < -0.39 is 0 Å². The van der Waals surface area contributed by atoms with Gasteiger partial charge in [0.05, 0.1) is 29.4 Å². The highest BCUT2D eigenvalue weighted by Crippen LogP contribution is 2.34. The van der Waals surface area contributed by atoms with E-state index in [-0.39, 0.29) is 0 Å². The predicted molar refractivity (Wildman–Crippen MR) is 122 cm³/mol. The molecule has 1 N–H and O–H groups in total. The van der Waals surface area contributed by atoms with Crippen LogP contribution in [0.2, 0.25) is 0 Å². The molecule has 3 heterocycles. The Morgan fingerprint density at radius 3 is 2.52 bits per heavy atom. The second kappa shape index (κ2) is 8.95. The summed E-state index contributed by atoms with van der Waals surface area (Å²) in [7, 11) is 3.70. The molecule has 1 atom stereocenters. The molecule has 5 heteroatoms. The van der Waals surface area contributed by atoms with Crippen LogP contribution in [0.15, 0.2) is 24.4 Å². The number of nitrogens with zero attached hydrogens (tertiary/aromatic N) is 3. The standard InChI is InChI=1S/C24H34N4O/c1-8-9-18(14-29-7)28-13-17(5)23-21(28)12-16(4)22(27-23)19-10-11-20(15(2)3)26-24(19)25-6/h10-13,15,18H,8-9,14H2,1-7H3,(H,25,26)/t18-/m1/s1. The average Bonchev–Trinajstić information content (AvgIpc) is 3.02. The minimum Gasteiger partial charge on any atom is -0.383 e. The number of nitrogens with one attached hydrogen (secondary N) is 1. The minimum atomic E-state index is 0.327. The van der Waals surface area contributed by atoms with Crippen LogP contribution in [-0.2, 0) is 4.74 Å². The van der Waals surface area contributed by atoms with Gasteiger partial charge in [-0.05, 0) is 55.5 Å². The monoisotopic (exact) mass is 394 g/mol. The third kappa shape index (κ3) is 4.15. The smallest absolute Gasteiger partial charge is 0.135 e. The summed E-state index contributed by atoms with van der Waals surface area (Å²) in [5.41, 5.74) is 7.70. The number of rotatable bonds is 8. The van der Waals surface area contributed by atoms with E-state index in [4.69, 9.17) is 14.7 Å². The maximum atomic E-state index is 5.50. The van der Waals surface area contributed by atoms with Crippen molar-refractivity contribution in [3.8, 4) is 11.3 Å². The van der Waals surface area contributed by atoms with Crippen LogP contribution >= 0.6 is 0 Å². The molecule has 0 spiro atoms. The lowest BCUT2D eigenvalue weighted by Gasteiger charge is -2.19. The van der Waals surface area contributed by atoms with E-state index in [1.54, 1.807) is 7.11 Å². The lowest BCUT2D eigenvalue weighted by Crippen LogP contribution is -2.13. The summed E-state index contributed by atoms with van der Waals surface area (Å²) in [6, 6.07) is 6.85. The van der Waals surface area contributed by atoms with Crippen molar-refractivity contribution in [2.75, 3.05) is 26.1 Å². The first-order valence-electron chi connectivity index (χ1n) is 10.6. The van der Waals surface area contributed by atoms with Crippen LogP contribution in [0.4, 0.5) is 5.82 Å². The van der Waals surface area contributed by atoms with Gasteiger partial charge < -0.3 is 14.6 Å². The molecule has 0 unspecified atom stereocenters. The normalized spacial score (nSPS) is 12.7. The van der Waals surface area contributed by atoms with Crippen molar-refractivity contribution in [1.29, 1.82) is 0 Å².